The smallest absolute Gasteiger partial charge is 0.306 e. The Morgan fingerprint density at radius 3 is 2.86 bits per heavy atom. The van der Waals surface area contributed by atoms with E-state index in [2.05, 4.69) is 0 Å². The molecule has 0 N–H and O–H groups in total. The Kier molecular flexibility index (Phi) is 4.57. The SMILES string of the molecule is CCOC(=O)CC(C[N+](=O)[O-])c1cc2cc(C)ccc2o1. The summed E-state index contributed by atoms with van der Waals surface area (Å²) >= 11 is 0. The lowest BCUT2D eigenvalue weighted by Gasteiger charge is -2.09. The number of ether oxygens (including phenoxy) is 1. The van der Waals surface area contributed by atoms with Crippen molar-refractivity contribution in [1.82, 2.24) is 0 Å². The van der Waals surface area contributed by atoms with Crippen LogP contribution in [-0.2, 0) is 9.53 Å². The van der Waals surface area contributed by atoms with Gasteiger partial charge in [-0.1, -0.05) is 11.6 Å². The number of aryl methyl sites for hydroxylation is 1. The highest BCUT2D eigenvalue weighted by molar-refractivity contribution is 5.79. The largest absolute Gasteiger partial charge is 0.466 e. The highest BCUT2D eigenvalue weighted by Crippen LogP contribution is 2.28. The molecule has 0 saturated carbocycles. The number of benzene rings is 1. The summed E-state index contributed by atoms with van der Waals surface area (Å²) in [5, 5.41) is 11.7. The van der Waals surface area contributed by atoms with Crippen LogP contribution in [0.2, 0.25) is 0 Å². The topological polar surface area (TPSA) is 82.6 Å². The first kappa shape index (κ1) is 15.0. The molecule has 1 aromatic heterocycles. The van der Waals surface area contributed by atoms with Crippen molar-refractivity contribution in [1.29, 1.82) is 0 Å². The minimum atomic E-state index is -0.619. The van der Waals surface area contributed by atoms with Crippen LogP contribution in [0.5, 0.6) is 0 Å². The van der Waals surface area contributed by atoms with E-state index in [4.69, 9.17) is 9.15 Å². The number of hydrogen-bond donors (Lipinski definition) is 0. The fourth-order valence-electron chi connectivity index (χ4n) is 2.24. The van der Waals surface area contributed by atoms with Gasteiger partial charge in [0.25, 0.3) is 0 Å². The van der Waals surface area contributed by atoms with Gasteiger partial charge in [-0.25, -0.2) is 0 Å². The van der Waals surface area contributed by atoms with E-state index in [9.17, 15) is 14.9 Å². The van der Waals surface area contributed by atoms with Crippen molar-refractivity contribution in [3.63, 3.8) is 0 Å². The summed E-state index contributed by atoms with van der Waals surface area (Å²) in [6.45, 7) is 3.55. The van der Waals surface area contributed by atoms with E-state index in [-0.39, 0.29) is 19.6 Å². The second kappa shape index (κ2) is 6.39. The third-order valence-corrected chi connectivity index (χ3v) is 3.18. The molecule has 2 rings (SSSR count). The Balaban J connectivity index is 2.28. The number of nitro groups is 1. The second-order valence-corrected chi connectivity index (χ2v) is 4.91. The van der Waals surface area contributed by atoms with Gasteiger partial charge < -0.3 is 9.15 Å². The minimum absolute atomic E-state index is 0.0619. The molecule has 21 heavy (non-hydrogen) atoms. The van der Waals surface area contributed by atoms with Crippen LogP contribution in [-0.4, -0.2) is 24.0 Å². The molecule has 1 aromatic carbocycles. The number of furan rings is 1. The summed E-state index contributed by atoms with van der Waals surface area (Å²) in [5.41, 5.74) is 1.74. The molecule has 0 aliphatic heterocycles. The molecule has 0 fully saturated rings. The molecule has 1 unspecified atom stereocenters. The first-order valence-electron chi connectivity index (χ1n) is 6.77. The quantitative estimate of drug-likeness (QED) is 0.464. The van der Waals surface area contributed by atoms with Gasteiger partial charge in [-0.2, -0.15) is 0 Å². The van der Waals surface area contributed by atoms with E-state index in [1.165, 1.54) is 0 Å². The van der Waals surface area contributed by atoms with Crippen molar-refractivity contribution in [3.05, 3.63) is 45.7 Å². The number of hydrogen-bond acceptors (Lipinski definition) is 5. The van der Waals surface area contributed by atoms with E-state index in [0.29, 0.717) is 11.3 Å². The number of esters is 1. The summed E-state index contributed by atoms with van der Waals surface area (Å²) < 4.78 is 10.5. The van der Waals surface area contributed by atoms with Crippen molar-refractivity contribution in [2.45, 2.75) is 26.2 Å². The first-order valence-corrected chi connectivity index (χ1v) is 6.77. The van der Waals surface area contributed by atoms with E-state index < -0.39 is 16.8 Å². The summed E-state index contributed by atoms with van der Waals surface area (Å²) in [6, 6.07) is 7.43. The van der Waals surface area contributed by atoms with E-state index in [1.54, 1.807) is 13.0 Å². The molecule has 0 aliphatic rings. The van der Waals surface area contributed by atoms with Gasteiger partial charge in [-0.05, 0) is 32.0 Å². The number of fused-ring (bicyclic) bond motifs is 1. The predicted octanol–water partition coefficient (Wildman–Crippen LogP) is 3.05. The van der Waals surface area contributed by atoms with Crippen molar-refractivity contribution in [2.75, 3.05) is 13.2 Å². The van der Waals surface area contributed by atoms with Gasteiger partial charge in [0.2, 0.25) is 6.54 Å². The molecular formula is C15H17NO5. The zero-order valence-corrected chi connectivity index (χ0v) is 12.0. The van der Waals surface area contributed by atoms with Gasteiger partial charge >= 0.3 is 5.97 Å². The molecule has 1 heterocycles. The maximum absolute atomic E-state index is 11.6. The zero-order valence-electron chi connectivity index (χ0n) is 12.0. The normalized spacial score (nSPS) is 12.3. The molecule has 2 aromatic rings. The first-order chi connectivity index (χ1) is 9.99. The Morgan fingerprint density at radius 2 is 2.19 bits per heavy atom. The lowest BCUT2D eigenvalue weighted by atomic mass is 10.0. The maximum atomic E-state index is 11.6. The molecule has 6 heteroatoms. The second-order valence-electron chi connectivity index (χ2n) is 4.91. The predicted molar refractivity (Wildman–Crippen MR) is 76.8 cm³/mol. The molecule has 0 spiro atoms. The molecule has 112 valence electrons. The van der Waals surface area contributed by atoms with Crippen LogP contribution >= 0.6 is 0 Å². The lowest BCUT2D eigenvalue weighted by molar-refractivity contribution is -0.483. The average Bonchev–Trinajstić information content (AvgIpc) is 2.80. The van der Waals surface area contributed by atoms with E-state index in [1.807, 2.05) is 25.1 Å². The highest BCUT2D eigenvalue weighted by Gasteiger charge is 2.25. The molecule has 6 nitrogen and oxygen atoms in total. The van der Waals surface area contributed by atoms with Crippen LogP contribution in [0.1, 0.15) is 30.6 Å². The molecule has 0 radical (unpaired) electrons. The van der Waals surface area contributed by atoms with Crippen LogP contribution in [0.25, 0.3) is 11.0 Å². The molecular weight excluding hydrogens is 274 g/mol. The highest BCUT2D eigenvalue weighted by atomic mass is 16.6. The Bertz CT molecular complexity index is 661. The van der Waals surface area contributed by atoms with Crippen LogP contribution in [0.3, 0.4) is 0 Å². The van der Waals surface area contributed by atoms with Crippen LogP contribution in [0.15, 0.2) is 28.7 Å². The Hall–Kier alpha value is -2.37. The van der Waals surface area contributed by atoms with Gasteiger partial charge in [-0.15, -0.1) is 0 Å². The summed E-state index contributed by atoms with van der Waals surface area (Å²) in [7, 11) is 0. The summed E-state index contributed by atoms with van der Waals surface area (Å²) in [4.78, 5) is 22.0. The monoisotopic (exact) mass is 291 g/mol. The average molecular weight is 291 g/mol. The zero-order chi connectivity index (χ0) is 15.4. The third-order valence-electron chi connectivity index (χ3n) is 3.18. The van der Waals surface area contributed by atoms with Gasteiger partial charge in [0.15, 0.2) is 0 Å². The molecule has 0 aliphatic carbocycles. The number of carbonyl (C=O) groups is 1. The standard InChI is InChI=1S/C15H17NO5/c1-3-20-15(17)8-12(9-16(18)19)14-7-11-6-10(2)4-5-13(11)21-14/h4-7,12H,3,8-9H2,1-2H3. The van der Waals surface area contributed by atoms with E-state index in [0.717, 1.165) is 10.9 Å². The molecule has 0 bridgehead atoms. The Morgan fingerprint density at radius 1 is 1.43 bits per heavy atom. The van der Waals surface area contributed by atoms with E-state index >= 15 is 0 Å². The Labute approximate surface area is 121 Å². The summed E-state index contributed by atoms with van der Waals surface area (Å²) in [6.07, 6.45) is -0.0619. The molecule has 0 saturated heterocycles. The minimum Gasteiger partial charge on any atom is -0.466 e. The van der Waals surface area contributed by atoms with Crippen molar-refractivity contribution in [3.8, 4) is 0 Å². The van der Waals surface area contributed by atoms with Crippen LogP contribution in [0, 0.1) is 17.0 Å². The van der Waals surface area contributed by atoms with Crippen molar-refractivity contribution in [2.24, 2.45) is 0 Å². The molecule has 0 amide bonds. The van der Waals surface area contributed by atoms with Crippen LogP contribution in [0.4, 0.5) is 0 Å². The van der Waals surface area contributed by atoms with Gasteiger partial charge in [-0.3, -0.25) is 14.9 Å². The number of nitrogens with zero attached hydrogens (tertiary/aromatic N) is 1. The lowest BCUT2D eigenvalue weighted by Crippen LogP contribution is -2.17. The van der Waals surface area contributed by atoms with Crippen molar-refractivity contribution >= 4 is 16.9 Å². The maximum Gasteiger partial charge on any atom is 0.306 e. The van der Waals surface area contributed by atoms with Gasteiger partial charge in [0, 0.05) is 10.3 Å². The number of rotatable bonds is 6. The van der Waals surface area contributed by atoms with Gasteiger partial charge in [0.05, 0.1) is 18.9 Å². The third kappa shape index (κ3) is 3.81. The van der Waals surface area contributed by atoms with Gasteiger partial charge in [0.1, 0.15) is 11.3 Å². The fourth-order valence-corrected chi connectivity index (χ4v) is 2.24. The summed E-state index contributed by atoms with van der Waals surface area (Å²) in [5.74, 6) is -0.631. The fraction of sp³-hybridized carbons (Fsp3) is 0.400. The van der Waals surface area contributed by atoms with Crippen molar-refractivity contribution < 1.29 is 18.9 Å². The number of carbonyl (C=O) groups excluding carboxylic acids is 1. The molecule has 1 atom stereocenters. The van der Waals surface area contributed by atoms with Crippen LogP contribution < -0.4 is 0 Å².